The predicted molar refractivity (Wildman–Crippen MR) is 72.5 cm³/mol. The molecular formula is C14H23N3O. The fourth-order valence-electron chi connectivity index (χ4n) is 2.54. The Kier molecular flexibility index (Phi) is 4.69. The van der Waals surface area contributed by atoms with Crippen LogP contribution in [0.1, 0.15) is 12.0 Å². The molecule has 2 rings (SSSR count). The zero-order chi connectivity index (χ0) is 13.0. The number of pyridine rings is 1. The summed E-state index contributed by atoms with van der Waals surface area (Å²) in [6, 6.07) is 4.39. The van der Waals surface area contributed by atoms with Gasteiger partial charge in [0.15, 0.2) is 0 Å². The van der Waals surface area contributed by atoms with Crippen molar-refractivity contribution in [3.63, 3.8) is 0 Å². The van der Waals surface area contributed by atoms with E-state index in [1.807, 2.05) is 18.3 Å². The monoisotopic (exact) mass is 249 g/mol. The van der Waals surface area contributed by atoms with E-state index in [4.69, 9.17) is 0 Å². The summed E-state index contributed by atoms with van der Waals surface area (Å²) in [5, 5.41) is 10.2. The Labute approximate surface area is 109 Å². The highest BCUT2D eigenvalue weighted by atomic mass is 16.3. The molecule has 4 nitrogen and oxygen atoms in total. The molecule has 4 heteroatoms. The molecule has 1 aliphatic heterocycles. The van der Waals surface area contributed by atoms with Gasteiger partial charge in [0.05, 0.1) is 6.10 Å². The summed E-state index contributed by atoms with van der Waals surface area (Å²) >= 11 is 0. The first-order valence-electron chi connectivity index (χ1n) is 6.61. The average molecular weight is 249 g/mol. The smallest absolute Gasteiger partial charge is 0.0596 e. The molecule has 100 valence electrons. The first-order chi connectivity index (χ1) is 8.65. The maximum Gasteiger partial charge on any atom is 0.0596 e. The second kappa shape index (κ2) is 6.27. The average Bonchev–Trinajstić information content (AvgIpc) is 2.35. The molecule has 1 aliphatic rings. The predicted octanol–water partition coefficient (Wildman–Crippen LogP) is 0.621. The fraction of sp³-hybridized carbons (Fsp3) is 0.643. The molecule has 1 fully saturated rings. The van der Waals surface area contributed by atoms with Crippen molar-refractivity contribution in [3.8, 4) is 0 Å². The molecule has 1 N–H and O–H groups in total. The highest BCUT2D eigenvalue weighted by Gasteiger charge is 2.24. The molecule has 1 aromatic heterocycles. The van der Waals surface area contributed by atoms with Crippen LogP contribution >= 0.6 is 0 Å². The molecule has 0 aromatic carbocycles. The summed E-state index contributed by atoms with van der Waals surface area (Å²) in [6.45, 7) is 3.24. The van der Waals surface area contributed by atoms with Crippen LogP contribution in [0.2, 0.25) is 0 Å². The van der Waals surface area contributed by atoms with E-state index >= 15 is 0 Å². The lowest BCUT2D eigenvalue weighted by molar-refractivity contribution is 0.0638. The largest absolute Gasteiger partial charge is 0.393 e. The molecule has 0 aliphatic carbocycles. The van der Waals surface area contributed by atoms with Crippen molar-refractivity contribution < 1.29 is 5.11 Å². The molecular weight excluding hydrogens is 226 g/mol. The highest BCUT2D eigenvalue weighted by Crippen LogP contribution is 2.14. The Morgan fingerprint density at radius 3 is 3.00 bits per heavy atom. The third-order valence-electron chi connectivity index (χ3n) is 3.72. The van der Waals surface area contributed by atoms with Gasteiger partial charge < -0.3 is 14.9 Å². The van der Waals surface area contributed by atoms with Gasteiger partial charge in [0.25, 0.3) is 0 Å². The van der Waals surface area contributed by atoms with Crippen LogP contribution in [-0.4, -0.2) is 65.8 Å². The van der Waals surface area contributed by atoms with Gasteiger partial charge in [-0.3, -0.25) is 4.98 Å². The van der Waals surface area contributed by atoms with E-state index in [-0.39, 0.29) is 6.10 Å². The quantitative estimate of drug-likeness (QED) is 0.849. The van der Waals surface area contributed by atoms with E-state index in [1.54, 1.807) is 6.20 Å². The first-order valence-corrected chi connectivity index (χ1v) is 6.61. The van der Waals surface area contributed by atoms with E-state index < -0.39 is 0 Å². The molecule has 0 saturated carbocycles. The van der Waals surface area contributed by atoms with Gasteiger partial charge in [0, 0.05) is 38.1 Å². The van der Waals surface area contributed by atoms with Crippen molar-refractivity contribution in [3.05, 3.63) is 30.1 Å². The number of likely N-dealkylation sites (N-methyl/N-ethyl adjacent to an activating group) is 2. The molecule has 1 aromatic rings. The van der Waals surface area contributed by atoms with Crippen LogP contribution < -0.4 is 0 Å². The van der Waals surface area contributed by atoms with Gasteiger partial charge in [-0.2, -0.15) is 0 Å². The number of aliphatic hydroxyl groups excluding tert-OH is 1. The normalized spacial score (nSPS) is 24.1. The Hall–Kier alpha value is -0.970. The maximum atomic E-state index is 10.2. The lowest BCUT2D eigenvalue weighted by Crippen LogP contribution is -2.51. The van der Waals surface area contributed by atoms with Crippen LogP contribution in [0.15, 0.2) is 24.5 Å². The summed E-state index contributed by atoms with van der Waals surface area (Å²) in [6.07, 6.45) is 4.84. The third-order valence-corrected chi connectivity index (χ3v) is 3.72. The minimum atomic E-state index is -0.284. The van der Waals surface area contributed by atoms with Gasteiger partial charge in [0.2, 0.25) is 0 Å². The Bertz CT molecular complexity index is 357. The number of piperazine rings is 1. The Morgan fingerprint density at radius 2 is 2.28 bits per heavy atom. The van der Waals surface area contributed by atoms with Gasteiger partial charge >= 0.3 is 0 Å². The summed E-state index contributed by atoms with van der Waals surface area (Å²) in [4.78, 5) is 8.77. The van der Waals surface area contributed by atoms with Crippen molar-refractivity contribution >= 4 is 0 Å². The second-order valence-corrected chi connectivity index (χ2v) is 5.35. The fourth-order valence-corrected chi connectivity index (χ4v) is 2.54. The minimum Gasteiger partial charge on any atom is -0.393 e. The van der Waals surface area contributed by atoms with Crippen molar-refractivity contribution in [2.75, 3.05) is 33.7 Å². The maximum absolute atomic E-state index is 10.2. The number of aromatic nitrogens is 1. The topological polar surface area (TPSA) is 39.6 Å². The van der Waals surface area contributed by atoms with Crippen molar-refractivity contribution in [2.45, 2.75) is 25.0 Å². The van der Waals surface area contributed by atoms with E-state index in [2.05, 4.69) is 28.9 Å². The molecule has 1 saturated heterocycles. The molecule has 0 bridgehead atoms. The van der Waals surface area contributed by atoms with E-state index in [1.165, 1.54) is 0 Å². The molecule has 0 amide bonds. The Morgan fingerprint density at radius 1 is 1.44 bits per heavy atom. The highest BCUT2D eigenvalue weighted by molar-refractivity contribution is 5.09. The number of aliphatic hydroxyl groups is 1. The first kappa shape index (κ1) is 13.5. The van der Waals surface area contributed by atoms with Crippen LogP contribution in [0.25, 0.3) is 0 Å². The van der Waals surface area contributed by atoms with Crippen LogP contribution in [0.5, 0.6) is 0 Å². The Balaban J connectivity index is 1.85. The lowest BCUT2D eigenvalue weighted by Gasteiger charge is -2.38. The standard InChI is InChI=1S/C14H23N3O/c1-16-6-7-17(2)13(11-16)9-14(18)8-12-4-3-5-15-10-12/h3-5,10,13-14,18H,6-9,11H2,1-2H3. The van der Waals surface area contributed by atoms with Crippen molar-refractivity contribution in [1.29, 1.82) is 0 Å². The zero-order valence-electron chi connectivity index (χ0n) is 11.3. The molecule has 2 heterocycles. The van der Waals surface area contributed by atoms with Gasteiger partial charge in [-0.1, -0.05) is 6.07 Å². The molecule has 2 atom stereocenters. The summed E-state index contributed by atoms with van der Waals surface area (Å²) < 4.78 is 0. The van der Waals surface area contributed by atoms with Crippen LogP contribution in [0, 0.1) is 0 Å². The molecule has 18 heavy (non-hydrogen) atoms. The van der Waals surface area contributed by atoms with E-state index in [0.29, 0.717) is 12.5 Å². The van der Waals surface area contributed by atoms with Crippen molar-refractivity contribution in [2.24, 2.45) is 0 Å². The van der Waals surface area contributed by atoms with Gasteiger partial charge in [0.1, 0.15) is 0 Å². The van der Waals surface area contributed by atoms with Crippen LogP contribution in [-0.2, 0) is 6.42 Å². The zero-order valence-corrected chi connectivity index (χ0v) is 11.3. The molecule has 0 radical (unpaired) electrons. The summed E-state index contributed by atoms with van der Waals surface area (Å²) in [5.74, 6) is 0. The number of rotatable bonds is 4. The minimum absolute atomic E-state index is 0.284. The van der Waals surface area contributed by atoms with Gasteiger partial charge in [-0.05, 0) is 38.6 Å². The lowest BCUT2D eigenvalue weighted by atomic mass is 10.0. The van der Waals surface area contributed by atoms with Crippen LogP contribution in [0.3, 0.4) is 0 Å². The summed E-state index contributed by atoms with van der Waals surface area (Å²) in [5.41, 5.74) is 1.11. The van der Waals surface area contributed by atoms with Gasteiger partial charge in [-0.25, -0.2) is 0 Å². The van der Waals surface area contributed by atoms with Crippen LogP contribution in [0.4, 0.5) is 0 Å². The third kappa shape index (κ3) is 3.77. The number of hydrogen-bond acceptors (Lipinski definition) is 4. The summed E-state index contributed by atoms with van der Waals surface area (Å²) in [7, 11) is 4.29. The van der Waals surface area contributed by atoms with Crippen molar-refractivity contribution in [1.82, 2.24) is 14.8 Å². The molecule has 2 unspecified atom stereocenters. The van der Waals surface area contributed by atoms with E-state index in [9.17, 15) is 5.11 Å². The second-order valence-electron chi connectivity index (χ2n) is 5.35. The molecule has 0 spiro atoms. The SMILES string of the molecule is CN1CCN(C)C(CC(O)Cc2cccnc2)C1. The number of nitrogens with zero attached hydrogens (tertiary/aromatic N) is 3. The number of hydrogen-bond donors (Lipinski definition) is 1. The van der Waals surface area contributed by atoms with Gasteiger partial charge in [-0.15, -0.1) is 0 Å². The van der Waals surface area contributed by atoms with E-state index in [0.717, 1.165) is 31.6 Å².